The summed E-state index contributed by atoms with van der Waals surface area (Å²) >= 11 is 0. The molecule has 0 aliphatic carbocycles. The Hall–Kier alpha value is -1.79. The van der Waals surface area contributed by atoms with Crippen LogP contribution in [0, 0.1) is 5.41 Å². The summed E-state index contributed by atoms with van der Waals surface area (Å²) in [5, 5.41) is 3.48. The third kappa shape index (κ3) is 4.96. The fourth-order valence-corrected chi connectivity index (χ4v) is 0.433. The summed E-state index contributed by atoms with van der Waals surface area (Å²) in [4.78, 5) is 14.7. The zero-order chi connectivity index (χ0) is 11.4. The van der Waals surface area contributed by atoms with Crippen molar-refractivity contribution >= 4 is 17.8 Å². The van der Waals surface area contributed by atoms with Crippen molar-refractivity contribution in [1.82, 2.24) is 5.43 Å². The van der Waals surface area contributed by atoms with Gasteiger partial charge in [0.25, 0.3) is 0 Å². The van der Waals surface area contributed by atoms with E-state index in [1.807, 2.05) is 0 Å². The first kappa shape index (κ1) is 12.2. The standard InChI is InChI=1S/C7H16N6O/c1-7(2,3)4(14)12-13-6(10)11-5(8)9/h1-3H3,(H,12,14)(H6,8,9,10,11,13). The number of nitrogens with zero attached hydrogens (tertiary/aromatic N) is 2. The van der Waals surface area contributed by atoms with Crippen LogP contribution in [0.1, 0.15) is 20.8 Å². The van der Waals surface area contributed by atoms with E-state index >= 15 is 0 Å². The van der Waals surface area contributed by atoms with E-state index in [0.717, 1.165) is 0 Å². The molecule has 0 aromatic heterocycles. The number of carbonyl (C=O) groups excluding carboxylic acids is 1. The first-order chi connectivity index (χ1) is 6.23. The molecule has 14 heavy (non-hydrogen) atoms. The normalized spacial score (nSPS) is 12.1. The number of hydrogen-bond acceptors (Lipinski definition) is 2. The number of carbonyl (C=O) groups is 1. The van der Waals surface area contributed by atoms with Crippen LogP contribution < -0.4 is 22.6 Å². The lowest BCUT2D eigenvalue weighted by atomic mass is 9.96. The zero-order valence-electron chi connectivity index (χ0n) is 8.53. The number of nitrogens with two attached hydrogens (primary N) is 3. The van der Waals surface area contributed by atoms with E-state index in [9.17, 15) is 4.79 Å². The lowest BCUT2D eigenvalue weighted by Gasteiger charge is -2.14. The van der Waals surface area contributed by atoms with Crippen molar-refractivity contribution in [2.75, 3.05) is 0 Å². The highest BCUT2D eigenvalue weighted by Crippen LogP contribution is 2.11. The Labute approximate surface area is 82.4 Å². The monoisotopic (exact) mass is 200 g/mol. The van der Waals surface area contributed by atoms with Crippen molar-refractivity contribution in [2.24, 2.45) is 32.7 Å². The summed E-state index contributed by atoms with van der Waals surface area (Å²) in [6.45, 7) is 5.23. The Balaban J connectivity index is 4.31. The van der Waals surface area contributed by atoms with Gasteiger partial charge in [0.15, 0.2) is 5.96 Å². The van der Waals surface area contributed by atoms with Crippen LogP contribution in [-0.4, -0.2) is 17.8 Å². The Morgan fingerprint density at radius 1 is 1.21 bits per heavy atom. The Kier molecular flexibility index (Phi) is 3.88. The SMILES string of the molecule is CC(C)(C)C(=O)N/N=C(\N)N=C(N)N. The molecule has 0 radical (unpaired) electrons. The topological polar surface area (TPSA) is 132 Å². The molecule has 0 heterocycles. The molecule has 0 bridgehead atoms. The minimum absolute atomic E-state index is 0.192. The summed E-state index contributed by atoms with van der Waals surface area (Å²) in [6, 6.07) is 0. The third-order valence-electron chi connectivity index (χ3n) is 1.20. The molecule has 0 aromatic rings. The van der Waals surface area contributed by atoms with Gasteiger partial charge in [-0.1, -0.05) is 20.8 Å². The van der Waals surface area contributed by atoms with Crippen LogP contribution >= 0.6 is 0 Å². The predicted molar refractivity (Wildman–Crippen MR) is 55.0 cm³/mol. The first-order valence-electron chi connectivity index (χ1n) is 3.96. The molecule has 0 aromatic carbocycles. The molecule has 0 fully saturated rings. The number of guanidine groups is 2. The van der Waals surface area contributed by atoms with Crippen molar-refractivity contribution in [3.8, 4) is 0 Å². The number of hydrogen-bond donors (Lipinski definition) is 4. The third-order valence-corrected chi connectivity index (χ3v) is 1.20. The number of aliphatic imine (C=N–C) groups is 1. The van der Waals surface area contributed by atoms with Crippen LogP contribution in [-0.2, 0) is 4.79 Å². The molecule has 0 aliphatic heterocycles. The second kappa shape index (κ2) is 4.45. The van der Waals surface area contributed by atoms with Crippen LogP contribution in [0.5, 0.6) is 0 Å². The van der Waals surface area contributed by atoms with E-state index in [-0.39, 0.29) is 17.8 Å². The molecule has 0 saturated heterocycles. The van der Waals surface area contributed by atoms with Gasteiger partial charge in [-0.25, -0.2) is 5.43 Å². The smallest absolute Gasteiger partial charge is 0.245 e. The summed E-state index contributed by atoms with van der Waals surface area (Å²) in [5.74, 6) is -0.676. The van der Waals surface area contributed by atoms with Crippen molar-refractivity contribution < 1.29 is 4.79 Å². The maximum atomic E-state index is 11.3. The maximum absolute atomic E-state index is 11.3. The highest BCUT2D eigenvalue weighted by molar-refractivity contribution is 5.93. The molecule has 0 rings (SSSR count). The van der Waals surface area contributed by atoms with Gasteiger partial charge in [-0.05, 0) is 0 Å². The predicted octanol–water partition coefficient (Wildman–Crippen LogP) is -1.35. The Bertz CT molecular complexity index is 270. The number of nitrogens with one attached hydrogen (secondary N) is 1. The van der Waals surface area contributed by atoms with E-state index in [4.69, 9.17) is 17.2 Å². The zero-order valence-corrected chi connectivity index (χ0v) is 8.53. The summed E-state index contributed by atoms with van der Waals surface area (Å²) in [7, 11) is 0. The molecule has 7 nitrogen and oxygen atoms in total. The van der Waals surface area contributed by atoms with Crippen LogP contribution in [0.2, 0.25) is 0 Å². The van der Waals surface area contributed by atoms with E-state index in [0.29, 0.717) is 0 Å². The van der Waals surface area contributed by atoms with Crippen LogP contribution in [0.25, 0.3) is 0 Å². The molecular weight excluding hydrogens is 184 g/mol. The highest BCUT2D eigenvalue weighted by atomic mass is 16.2. The van der Waals surface area contributed by atoms with Gasteiger partial charge in [-0.15, -0.1) is 5.10 Å². The van der Waals surface area contributed by atoms with Gasteiger partial charge in [-0.3, -0.25) is 4.79 Å². The van der Waals surface area contributed by atoms with Gasteiger partial charge < -0.3 is 17.2 Å². The van der Waals surface area contributed by atoms with Crippen LogP contribution in [0.15, 0.2) is 10.1 Å². The molecule has 0 aliphatic rings. The lowest BCUT2D eigenvalue weighted by molar-refractivity contribution is -0.128. The quantitative estimate of drug-likeness (QED) is 0.237. The second-order valence-corrected chi connectivity index (χ2v) is 3.70. The minimum Gasteiger partial charge on any atom is -0.370 e. The highest BCUT2D eigenvalue weighted by Gasteiger charge is 2.20. The molecule has 0 saturated carbocycles. The molecule has 80 valence electrons. The van der Waals surface area contributed by atoms with Gasteiger partial charge >= 0.3 is 0 Å². The number of hydrazone groups is 1. The first-order valence-corrected chi connectivity index (χ1v) is 3.96. The van der Waals surface area contributed by atoms with Gasteiger partial charge in [0, 0.05) is 5.41 Å². The molecule has 0 unspecified atom stereocenters. The molecular formula is C7H16N6O. The van der Waals surface area contributed by atoms with E-state index in [1.165, 1.54) is 0 Å². The summed E-state index contributed by atoms with van der Waals surface area (Å²) in [5.41, 5.74) is 17.0. The van der Waals surface area contributed by atoms with Crippen molar-refractivity contribution in [3.63, 3.8) is 0 Å². The second-order valence-electron chi connectivity index (χ2n) is 3.70. The van der Waals surface area contributed by atoms with Crippen molar-refractivity contribution in [2.45, 2.75) is 20.8 Å². The molecule has 7 heteroatoms. The van der Waals surface area contributed by atoms with E-state index < -0.39 is 5.41 Å². The lowest BCUT2D eigenvalue weighted by Crippen LogP contribution is -2.33. The van der Waals surface area contributed by atoms with Gasteiger partial charge in [-0.2, -0.15) is 4.99 Å². The molecule has 0 atom stereocenters. The minimum atomic E-state index is -0.540. The fraction of sp³-hybridized carbons (Fsp3) is 0.571. The van der Waals surface area contributed by atoms with Gasteiger partial charge in [0.1, 0.15) is 0 Å². The van der Waals surface area contributed by atoms with Crippen LogP contribution in [0.3, 0.4) is 0 Å². The number of rotatable bonds is 1. The Morgan fingerprint density at radius 2 is 1.71 bits per heavy atom. The molecule has 1 amide bonds. The van der Waals surface area contributed by atoms with Crippen molar-refractivity contribution in [1.29, 1.82) is 0 Å². The average molecular weight is 200 g/mol. The summed E-state index contributed by atoms with van der Waals surface area (Å²) in [6.07, 6.45) is 0. The van der Waals surface area contributed by atoms with Gasteiger partial charge in [0.2, 0.25) is 11.9 Å². The molecule has 7 N–H and O–H groups in total. The average Bonchev–Trinajstić information content (AvgIpc) is 1.96. The fourth-order valence-electron chi connectivity index (χ4n) is 0.433. The number of amides is 1. The Morgan fingerprint density at radius 3 is 2.07 bits per heavy atom. The van der Waals surface area contributed by atoms with E-state index in [2.05, 4.69) is 15.5 Å². The summed E-state index contributed by atoms with van der Waals surface area (Å²) < 4.78 is 0. The molecule has 0 spiro atoms. The van der Waals surface area contributed by atoms with Gasteiger partial charge in [0.05, 0.1) is 0 Å². The maximum Gasteiger partial charge on any atom is 0.245 e. The van der Waals surface area contributed by atoms with E-state index in [1.54, 1.807) is 20.8 Å². The van der Waals surface area contributed by atoms with Crippen molar-refractivity contribution in [3.05, 3.63) is 0 Å². The largest absolute Gasteiger partial charge is 0.370 e. The van der Waals surface area contributed by atoms with Crippen LogP contribution in [0.4, 0.5) is 0 Å².